The molecule has 142 valence electrons. The summed E-state index contributed by atoms with van der Waals surface area (Å²) in [5.74, 6) is 1.30. The lowest BCUT2D eigenvalue weighted by molar-refractivity contribution is 0.455. The molecule has 0 unspecified atom stereocenters. The first-order valence-corrected chi connectivity index (χ1v) is 10.8. The third-order valence-corrected chi connectivity index (χ3v) is 5.41. The van der Waals surface area contributed by atoms with E-state index in [1.54, 1.807) is 0 Å². The minimum Gasteiger partial charge on any atom is -0.353 e. The van der Waals surface area contributed by atoms with Gasteiger partial charge in [-0.05, 0) is 19.3 Å². The van der Waals surface area contributed by atoms with Gasteiger partial charge < -0.3 is 5.32 Å². The number of nitrogens with zero attached hydrogens (tertiary/aromatic N) is 3. The van der Waals surface area contributed by atoms with Crippen LogP contribution in [0.15, 0.2) is 6.20 Å². The summed E-state index contributed by atoms with van der Waals surface area (Å²) >= 11 is 0. The maximum Gasteiger partial charge on any atom is 0.242 e. The highest BCUT2D eigenvalue weighted by atomic mass is 15.2. The molecule has 0 radical (unpaired) electrons. The van der Waals surface area contributed by atoms with E-state index in [1.165, 1.54) is 96.3 Å². The molecule has 4 nitrogen and oxygen atoms in total. The fourth-order valence-corrected chi connectivity index (χ4v) is 3.80. The summed E-state index contributed by atoms with van der Waals surface area (Å²) in [5, 5.41) is 11.8. The van der Waals surface area contributed by atoms with Crippen LogP contribution in [0.4, 0.5) is 5.95 Å². The van der Waals surface area contributed by atoms with E-state index >= 15 is 0 Å². The van der Waals surface area contributed by atoms with Crippen LogP contribution in [0, 0.1) is 0 Å². The Morgan fingerprint density at radius 1 is 0.880 bits per heavy atom. The largest absolute Gasteiger partial charge is 0.353 e. The van der Waals surface area contributed by atoms with Crippen molar-refractivity contribution < 1.29 is 0 Å². The van der Waals surface area contributed by atoms with Crippen LogP contribution in [0.1, 0.15) is 115 Å². The van der Waals surface area contributed by atoms with Crippen LogP contribution in [0.3, 0.4) is 0 Å². The van der Waals surface area contributed by atoms with Crippen molar-refractivity contribution in [2.45, 2.75) is 109 Å². The molecule has 2 rings (SSSR count). The molecule has 0 spiro atoms. The van der Waals surface area contributed by atoms with Crippen LogP contribution < -0.4 is 5.32 Å². The molecule has 0 aliphatic heterocycles. The van der Waals surface area contributed by atoms with Crippen LogP contribution in [0.2, 0.25) is 0 Å². The SMILES string of the molecule is CCCCCCCCNc1nncc(C2CCCCCCCCC2)n1. The second kappa shape index (κ2) is 13.1. The van der Waals surface area contributed by atoms with Crippen molar-refractivity contribution >= 4 is 5.95 Å². The van der Waals surface area contributed by atoms with Gasteiger partial charge in [-0.25, -0.2) is 4.98 Å². The highest BCUT2D eigenvalue weighted by Gasteiger charge is 2.15. The van der Waals surface area contributed by atoms with Crippen LogP contribution in [0.5, 0.6) is 0 Å². The van der Waals surface area contributed by atoms with Crippen LogP contribution in [-0.2, 0) is 0 Å². The lowest BCUT2D eigenvalue weighted by atomic mass is 9.90. The number of hydrogen-bond donors (Lipinski definition) is 1. The molecular formula is C21H38N4. The number of rotatable bonds is 9. The predicted molar refractivity (Wildman–Crippen MR) is 106 cm³/mol. The summed E-state index contributed by atoms with van der Waals surface area (Å²) in [5.41, 5.74) is 1.15. The van der Waals surface area contributed by atoms with Gasteiger partial charge in [-0.2, -0.15) is 5.10 Å². The molecule has 1 N–H and O–H groups in total. The second-order valence-electron chi connectivity index (χ2n) is 7.65. The summed E-state index contributed by atoms with van der Waals surface area (Å²) in [7, 11) is 0. The zero-order chi connectivity index (χ0) is 17.6. The van der Waals surface area contributed by atoms with E-state index in [9.17, 15) is 0 Å². The van der Waals surface area contributed by atoms with Crippen LogP contribution >= 0.6 is 0 Å². The molecule has 0 aromatic carbocycles. The second-order valence-corrected chi connectivity index (χ2v) is 7.65. The smallest absolute Gasteiger partial charge is 0.242 e. The number of anilines is 1. The van der Waals surface area contributed by atoms with Crippen molar-refractivity contribution in [1.82, 2.24) is 15.2 Å². The molecule has 25 heavy (non-hydrogen) atoms. The first kappa shape index (κ1) is 20.1. The van der Waals surface area contributed by atoms with Gasteiger partial charge in [0.05, 0.1) is 11.9 Å². The van der Waals surface area contributed by atoms with Gasteiger partial charge in [0.15, 0.2) is 0 Å². The number of unbranched alkanes of at least 4 members (excludes halogenated alkanes) is 5. The average molecular weight is 347 g/mol. The lowest BCUT2D eigenvalue weighted by Crippen LogP contribution is -2.10. The standard InChI is InChI=1S/C21H38N4/c1-2-3-4-5-11-14-17-22-21-24-20(18-23-25-21)19-15-12-9-7-6-8-10-13-16-19/h18-19H,2-17H2,1H3,(H,22,24,25). The van der Waals surface area contributed by atoms with Crippen molar-refractivity contribution in [3.63, 3.8) is 0 Å². The van der Waals surface area contributed by atoms with Crippen LogP contribution in [-0.4, -0.2) is 21.7 Å². The van der Waals surface area contributed by atoms with E-state index in [2.05, 4.69) is 22.4 Å². The van der Waals surface area contributed by atoms with Crippen molar-refractivity contribution in [3.8, 4) is 0 Å². The summed E-state index contributed by atoms with van der Waals surface area (Å²) in [6.07, 6.45) is 21.9. The van der Waals surface area contributed by atoms with Gasteiger partial charge >= 0.3 is 0 Å². The first-order valence-electron chi connectivity index (χ1n) is 10.8. The first-order chi connectivity index (χ1) is 12.4. The summed E-state index contributed by atoms with van der Waals surface area (Å²) < 4.78 is 0. The van der Waals surface area contributed by atoms with Gasteiger partial charge in [-0.1, -0.05) is 84.0 Å². The Bertz CT molecular complexity index is 439. The van der Waals surface area contributed by atoms with Crippen molar-refractivity contribution in [2.24, 2.45) is 0 Å². The Hall–Kier alpha value is -1.19. The summed E-state index contributed by atoms with van der Waals surface area (Å²) in [6.45, 7) is 3.22. The molecule has 1 fully saturated rings. The minimum atomic E-state index is 0.572. The lowest BCUT2D eigenvalue weighted by Gasteiger charge is -2.18. The zero-order valence-electron chi connectivity index (χ0n) is 16.3. The van der Waals surface area contributed by atoms with Crippen molar-refractivity contribution in [2.75, 3.05) is 11.9 Å². The molecule has 4 heteroatoms. The quantitative estimate of drug-likeness (QED) is 0.537. The fraction of sp³-hybridized carbons (Fsp3) is 0.857. The molecule has 0 saturated heterocycles. The summed E-state index contributed by atoms with van der Waals surface area (Å²) in [4.78, 5) is 4.79. The molecule has 1 heterocycles. The van der Waals surface area contributed by atoms with E-state index < -0.39 is 0 Å². The van der Waals surface area contributed by atoms with Gasteiger partial charge in [0.1, 0.15) is 0 Å². The zero-order valence-corrected chi connectivity index (χ0v) is 16.3. The highest BCUT2D eigenvalue weighted by molar-refractivity contribution is 5.23. The van der Waals surface area contributed by atoms with E-state index in [-0.39, 0.29) is 0 Å². The highest BCUT2D eigenvalue weighted by Crippen LogP contribution is 2.28. The van der Waals surface area contributed by atoms with Gasteiger partial charge in [-0.15, -0.1) is 5.10 Å². The Kier molecular flexibility index (Phi) is 10.5. The van der Waals surface area contributed by atoms with Crippen molar-refractivity contribution in [1.29, 1.82) is 0 Å². The monoisotopic (exact) mass is 346 g/mol. The third kappa shape index (κ3) is 8.64. The molecular weight excluding hydrogens is 308 g/mol. The van der Waals surface area contributed by atoms with Crippen molar-refractivity contribution in [3.05, 3.63) is 11.9 Å². The number of aromatic nitrogens is 3. The molecule has 0 atom stereocenters. The van der Waals surface area contributed by atoms with Gasteiger partial charge in [-0.3, -0.25) is 0 Å². The van der Waals surface area contributed by atoms with E-state index in [0.29, 0.717) is 5.92 Å². The van der Waals surface area contributed by atoms with Gasteiger partial charge in [0.25, 0.3) is 0 Å². The normalized spacial score (nSPS) is 17.3. The predicted octanol–water partition coefficient (Wildman–Crippen LogP) is 6.25. The molecule has 0 amide bonds. The van der Waals surface area contributed by atoms with E-state index in [1.807, 2.05) is 6.20 Å². The van der Waals surface area contributed by atoms with E-state index in [4.69, 9.17) is 4.98 Å². The molecule has 1 saturated carbocycles. The Balaban J connectivity index is 1.76. The topological polar surface area (TPSA) is 50.7 Å². The van der Waals surface area contributed by atoms with E-state index in [0.717, 1.165) is 18.2 Å². The molecule has 1 aromatic rings. The molecule has 0 bridgehead atoms. The molecule has 1 aliphatic rings. The van der Waals surface area contributed by atoms with Gasteiger partial charge in [0, 0.05) is 12.5 Å². The Morgan fingerprint density at radius 2 is 1.52 bits per heavy atom. The fourth-order valence-electron chi connectivity index (χ4n) is 3.80. The summed E-state index contributed by atoms with van der Waals surface area (Å²) in [6, 6.07) is 0. The average Bonchev–Trinajstić information content (AvgIpc) is 2.65. The Labute approximate surface area is 154 Å². The number of nitrogens with one attached hydrogen (secondary N) is 1. The third-order valence-electron chi connectivity index (χ3n) is 5.41. The van der Waals surface area contributed by atoms with Gasteiger partial charge in [0.2, 0.25) is 5.95 Å². The minimum absolute atomic E-state index is 0.572. The maximum absolute atomic E-state index is 4.79. The Morgan fingerprint density at radius 3 is 2.24 bits per heavy atom. The maximum atomic E-state index is 4.79. The molecule has 1 aromatic heterocycles. The molecule has 1 aliphatic carbocycles. The number of hydrogen-bond acceptors (Lipinski definition) is 4. The van der Waals surface area contributed by atoms with Crippen LogP contribution in [0.25, 0.3) is 0 Å².